The Morgan fingerprint density at radius 1 is 1.16 bits per heavy atom. The fourth-order valence-corrected chi connectivity index (χ4v) is 4.37. The summed E-state index contributed by atoms with van der Waals surface area (Å²) >= 11 is 6.55. The number of carbonyl (C=O) groups excluding carboxylic acids is 2. The van der Waals surface area contributed by atoms with Crippen molar-refractivity contribution in [2.75, 3.05) is 31.8 Å². The van der Waals surface area contributed by atoms with E-state index in [1.807, 2.05) is 47.0 Å². The smallest absolute Gasteiger partial charge is 0.321 e. The second kappa shape index (κ2) is 9.08. The van der Waals surface area contributed by atoms with Gasteiger partial charge in [0, 0.05) is 25.3 Å². The number of nitrogens with zero attached hydrogens (tertiary/aromatic N) is 3. The van der Waals surface area contributed by atoms with Crippen LogP contribution < -0.4 is 4.90 Å². The van der Waals surface area contributed by atoms with Crippen molar-refractivity contribution >= 4 is 40.5 Å². The Hall–Kier alpha value is -2.90. The molecule has 0 bridgehead atoms. The minimum atomic E-state index is -1.08. The molecular weight excluding hydrogens is 418 g/mol. The summed E-state index contributed by atoms with van der Waals surface area (Å²) in [7, 11) is 1.61. The third kappa shape index (κ3) is 3.79. The number of carbonyl (C=O) groups is 2. The van der Waals surface area contributed by atoms with Crippen molar-refractivity contribution in [3.05, 3.63) is 59.1 Å². The lowest BCUT2D eigenvalue weighted by Gasteiger charge is -2.38. The Labute approximate surface area is 185 Å². The summed E-state index contributed by atoms with van der Waals surface area (Å²) < 4.78 is 12.4. The van der Waals surface area contributed by atoms with Gasteiger partial charge in [-0.1, -0.05) is 41.9 Å². The second-order valence-electron chi connectivity index (χ2n) is 7.30. The molecule has 31 heavy (non-hydrogen) atoms. The van der Waals surface area contributed by atoms with Crippen LogP contribution in [0, 0.1) is 5.92 Å². The summed E-state index contributed by atoms with van der Waals surface area (Å²) in [6, 6.07) is 14.2. The Morgan fingerprint density at radius 2 is 1.90 bits per heavy atom. The number of imidazole rings is 1. The zero-order valence-corrected chi connectivity index (χ0v) is 18.2. The average molecular weight is 442 g/mol. The molecule has 0 saturated carbocycles. The van der Waals surface area contributed by atoms with Gasteiger partial charge in [0.1, 0.15) is 0 Å². The van der Waals surface area contributed by atoms with Gasteiger partial charge in [-0.3, -0.25) is 14.5 Å². The number of fused-ring (bicyclic) bond motifs is 3. The van der Waals surface area contributed by atoms with Crippen LogP contribution in [0.5, 0.6) is 0 Å². The first-order valence-corrected chi connectivity index (χ1v) is 10.6. The Bertz CT molecular complexity index is 1110. The third-order valence-electron chi connectivity index (χ3n) is 5.44. The van der Waals surface area contributed by atoms with Crippen LogP contribution in [0.3, 0.4) is 0 Å². The molecule has 2 aromatic carbocycles. The van der Waals surface area contributed by atoms with Gasteiger partial charge in [-0.15, -0.1) is 0 Å². The van der Waals surface area contributed by atoms with E-state index in [0.29, 0.717) is 36.1 Å². The maximum atomic E-state index is 13.7. The molecule has 1 amide bonds. The van der Waals surface area contributed by atoms with Gasteiger partial charge in [0.15, 0.2) is 5.92 Å². The van der Waals surface area contributed by atoms with Gasteiger partial charge in [0.2, 0.25) is 11.9 Å². The molecule has 8 heteroatoms. The average Bonchev–Trinajstić information content (AvgIpc) is 3.14. The van der Waals surface area contributed by atoms with Crippen LogP contribution in [0.4, 0.5) is 5.95 Å². The van der Waals surface area contributed by atoms with Crippen molar-refractivity contribution < 1.29 is 19.1 Å². The molecule has 7 nitrogen and oxygen atoms in total. The van der Waals surface area contributed by atoms with E-state index in [4.69, 9.17) is 26.1 Å². The highest BCUT2D eigenvalue weighted by Crippen LogP contribution is 2.43. The Morgan fingerprint density at radius 3 is 2.65 bits per heavy atom. The first kappa shape index (κ1) is 21.3. The van der Waals surface area contributed by atoms with E-state index in [1.165, 1.54) is 0 Å². The molecule has 162 valence electrons. The lowest BCUT2D eigenvalue weighted by atomic mass is 9.89. The number of aromatic nitrogens is 2. The zero-order chi connectivity index (χ0) is 22.0. The molecule has 2 atom stereocenters. The number of amides is 1. The van der Waals surface area contributed by atoms with Crippen molar-refractivity contribution in [1.29, 1.82) is 0 Å². The standard InChI is InChI=1S/C23H24ClN3O4/c1-3-31-22(29)19-20(15-9-4-5-10-16(15)24)27-18-12-7-6-11-17(18)25-23(27)26(21(19)28)13-8-14-30-2/h4-7,9-12,19-20H,3,8,13-14H2,1-2H3/t19-,20+/m0/s1. The molecule has 1 aliphatic heterocycles. The number of ether oxygens (including phenoxy) is 2. The fourth-order valence-electron chi connectivity index (χ4n) is 4.12. The summed E-state index contributed by atoms with van der Waals surface area (Å²) in [5, 5.41) is 0.478. The normalized spacial score (nSPS) is 18.3. The minimum Gasteiger partial charge on any atom is -0.465 e. The highest BCUT2D eigenvalue weighted by Gasteiger charge is 2.48. The minimum absolute atomic E-state index is 0.180. The van der Waals surface area contributed by atoms with E-state index in [1.54, 1.807) is 25.0 Å². The number of benzene rings is 2. The molecule has 4 rings (SSSR count). The van der Waals surface area contributed by atoms with E-state index >= 15 is 0 Å². The van der Waals surface area contributed by atoms with Crippen LogP contribution in [0.15, 0.2) is 48.5 Å². The first-order chi connectivity index (χ1) is 15.1. The van der Waals surface area contributed by atoms with Crippen LogP contribution in [0.1, 0.15) is 24.9 Å². The number of rotatable bonds is 7. The van der Waals surface area contributed by atoms with Crippen molar-refractivity contribution in [2.24, 2.45) is 5.92 Å². The van der Waals surface area contributed by atoms with Gasteiger partial charge < -0.3 is 14.0 Å². The monoisotopic (exact) mass is 441 g/mol. The number of hydrogen-bond donors (Lipinski definition) is 0. The number of halogens is 1. The number of para-hydroxylation sites is 2. The molecule has 0 spiro atoms. The molecule has 0 saturated heterocycles. The number of hydrogen-bond acceptors (Lipinski definition) is 5. The summed E-state index contributed by atoms with van der Waals surface area (Å²) in [6.45, 7) is 2.77. The quantitative estimate of drug-likeness (QED) is 0.316. The number of anilines is 1. The Balaban J connectivity index is 1.96. The van der Waals surface area contributed by atoms with Crippen LogP contribution >= 0.6 is 11.6 Å². The Kier molecular flexibility index (Phi) is 6.25. The molecule has 1 aromatic heterocycles. The lowest BCUT2D eigenvalue weighted by molar-refractivity contribution is -0.153. The van der Waals surface area contributed by atoms with Gasteiger partial charge in [0.25, 0.3) is 0 Å². The van der Waals surface area contributed by atoms with Gasteiger partial charge in [-0.2, -0.15) is 0 Å². The van der Waals surface area contributed by atoms with Crippen LogP contribution in [0.25, 0.3) is 11.0 Å². The molecule has 0 aliphatic carbocycles. The molecule has 0 N–H and O–H groups in total. The van der Waals surface area contributed by atoms with Crippen LogP contribution in [-0.2, 0) is 19.1 Å². The summed E-state index contributed by atoms with van der Waals surface area (Å²) in [5.41, 5.74) is 2.24. The van der Waals surface area contributed by atoms with Crippen molar-refractivity contribution in [2.45, 2.75) is 19.4 Å². The van der Waals surface area contributed by atoms with E-state index in [0.717, 1.165) is 11.0 Å². The summed E-state index contributed by atoms with van der Waals surface area (Å²) in [4.78, 5) is 33.0. The highest BCUT2D eigenvalue weighted by molar-refractivity contribution is 6.31. The van der Waals surface area contributed by atoms with Crippen molar-refractivity contribution in [1.82, 2.24) is 9.55 Å². The van der Waals surface area contributed by atoms with Gasteiger partial charge in [0.05, 0.1) is 23.7 Å². The van der Waals surface area contributed by atoms with E-state index in [-0.39, 0.29) is 12.5 Å². The van der Waals surface area contributed by atoms with E-state index in [9.17, 15) is 9.59 Å². The fraction of sp³-hybridized carbons (Fsp3) is 0.348. The van der Waals surface area contributed by atoms with Crippen molar-refractivity contribution in [3.8, 4) is 0 Å². The molecule has 2 heterocycles. The van der Waals surface area contributed by atoms with Gasteiger partial charge >= 0.3 is 5.97 Å². The predicted octanol–water partition coefficient (Wildman–Crippen LogP) is 3.84. The molecule has 0 unspecified atom stereocenters. The lowest BCUT2D eigenvalue weighted by Crippen LogP contribution is -2.50. The third-order valence-corrected chi connectivity index (χ3v) is 5.78. The number of methoxy groups -OCH3 is 1. The largest absolute Gasteiger partial charge is 0.465 e. The summed E-state index contributed by atoms with van der Waals surface area (Å²) in [5.74, 6) is -1.50. The molecular formula is C23H24ClN3O4. The first-order valence-electron chi connectivity index (χ1n) is 10.3. The van der Waals surface area contributed by atoms with E-state index in [2.05, 4.69) is 0 Å². The van der Waals surface area contributed by atoms with Crippen LogP contribution in [0.2, 0.25) is 5.02 Å². The maximum absolute atomic E-state index is 13.7. The van der Waals surface area contributed by atoms with E-state index < -0.39 is 17.9 Å². The van der Waals surface area contributed by atoms with Crippen molar-refractivity contribution in [3.63, 3.8) is 0 Å². The zero-order valence-electron chi connectivity index (χ0n) is 17.5. The van der Waals surface area contributed by atoms with Crippen LogP contribution in [-0.4, -0.2) is 48.3 Å². The summed E-state index contributed by atoms with van der Waals surface area (Å²) in [6.07, 6.45) is 0.609. The number of esters is 1. The topological polar surface area (TPSA) is 73.7 Å². The molecule has 3 aromatic rings. The predicted molar refractivity (Wildman–Crippen MR) is 118 cm³/mol. The highest BCUT2D eigenvalue weighted by atomic mass is 35.5. The van der Waals surface area contributed by atoms with Gasteiger partial charge in [-0.05, 0) is 37.1 Å². The molecule has 0 fully saturated rings. The SMILES string of the molecule is CCOC(=O)[C@@H]1C(=O)N(CCCOC)c2nc3ccccc3n2[C@@H]1c1ccccc1Cl. The molecule has 1 aliphatic rings. The van der Waals surface area contributed by atoms with Gasteiger partial charge in [-0.25, -0.2) is 4.98 Å². The second-order valence-corrected chi connectivity index (χ2v) is 7.71. The molecule has 0 radical (unpaired) electrons. The maximum Gasteiger partial charge on any atom is 0.321 e.